The number of esters is 1. The summed E-state index contributed by atoms with van der Waals surface area (Å²) in [5, 5.41) is 9.47. The number of aliphatic hydroxyl groups is 1. The maximum absolute atomic E-state index is 12.5. The van der Waals surface area contributed by atoms with Crippen LogP contribution >= 0.6 is 7.82 Å². The lowest BCUT2D eigenvalue weighted by Crippen LogP contribution is -2.27. The lowest BCUT2D eigenvalue weighted by molar-refractivity contribution is -0.153. The first-order chi connectivity index (χ1) is 25.8. The van der Waals surface area contributed by atoms with Crippen molar-refractivity contribution in [2.45, 2.75) is 154 Å². The normalized spacial score (nSPS) is 15.0. The molecule has 3 atom stereocenters. The van der Waals surface area contributed by atoms with Crippen LogP contribution in [0.4, 0.5) is 0 Å². The molecule has 1 unspecified atom stereocenters. The quantitative estimate of drug-likeness (QED) is 0.0141. The lowest BCUT2D eigenvalue weighted by Gasteiger charge is -2.19. The van der Waals surface area contributed by atoms with Crippen LogP contribution in [0.3, 0.4) is 0 Å². The number of allylic oxidation sites excluding steroid dienone is 12. The Bertz CT molecular complexity index is 1100. The summed E-state index contributed by atoms with van der Waals surface area (Å²) in [7, 11) is -4.32. The van der Waals surface area contributed by atoms with Gasteiger partial charge in [-0.05, 0) is 83.1 Å². The molecule has 0 heterocycles. The summed E-state index contributed by atoms with van der Waals surface area (Å²) in [6, 6.07) is 0. The minimum Gasteiger partial charge on any atom is -0.498 e. The SMILES string of the molecule is CCCCCC/C=C\CCCCCCCC/C=C/OC[C@H](COP(=O)(O)OCCN)OC(=O)CCC/C=C\C/C=C\C/C=C\C/C=C\C=C\[C@H](O)CC. The molecule has 0 spiro atoms. The molecule has 304 valence electrons. The molecule has 0 aliphatic carbocycles. The van der Waals surface area contributed by atoms with E-state index in [4.69, 9.17) is 24.3 Å². The van der Waals surface area contributed by atoms with Crippen molar-refractivity contribution in [3.8, 4) is 0 Å². The predicted octanol–water partition coefficient (Wildman–Crippen LogP) is 11.1. The second kappa shape index (κ2) is 39.2. The molecule has 9 nitrogen and oxygen atoms in total. The van der Waals surface area contributed by atoms with Crippen LogP contribution in [0, 0.1) is 0 Å². The smallest absolute Gasteiger partial charge is 0.472 e. The monoisotopic (exact) mass is 764 g/mol. The van der Waals surface area contributed by atoms with Crippen LogP contribution < -0.4 is 5.73 Å². The third-order valence-electron chi connectivity index (χ3n) is 8.02. The largest absolute Gasteiger partial charge is 0.498 e. The van der Waals surface area contributed by atoms with E-state index in [-0.39, 0.29) is 38.9 Å². The van der Waals surface area contributed by atoms with Crippen LogP contribution in [0.1, 0.15) is 142 Å². The van der Waals surface area contributed by atoms with Gasteiger partial charge in [0, 0.05) is 13.0 Å². The number of phosphoric ester groups is 1. The van der Waals surface area contributed by atoms with Gasteiger partial charge in [-0.3, -0.25) is 13.8 Å². The second-order valence-electron chi connectivity index (χ2n) is 13.0. The first kappa shape index (κ1) is 50.5. The van der Waals surface area contributed by atoms with E-state index in [9.17, 15) is 19.4 Å². The van der Waals surface area contributed by atoms with E-state index in [1.54, 1.807) is 12.3 Å². The number of carbonyl (C=O) groups is 1. The van der Waals surface area contributed by atoms with Crippen molar-refractivity contribution in [1.82, 2.24) is 0 Å². The molecule has 0 aromatic rings. The number of unbranched alkanes of at least 4 members (excludes halogenated alkanes) is 12. The van der Waals surface area contributed by atoms with E-state index >= 15 is 0 Å². The van der Waals surface area contributed by atoms with Crippen molar-refractivity contribution in [1.29, 1.82) is 0 Å². The third kappa shape index (κ3) is 39.0. The van der Waals surface area contributed by atoms with Gasteiger partial charge >= 0.3 is 13.8 Å². The molecule has 0 aromatic heterocycles. The van der Waals surface area contributed by atoms with Crippen molar-refractivity contribution in [2.24, 2.45) is 5.73 Å². The van der Waals surface area contributed by atoms with Crippen molar-refractivity contribution in [3.63, 3.8) is 0 Å². The Morgan fingerprint density at radius 1 is 0.679 bits per heavy atom. The van der Waals surface area contributed by atoms with Gasteiger partial charge in [0.05, 0.1) is 25.6 Å². The summed E-state index contributed by atoms with van der Waals surface area (Å²) in [6.45, 7) is 3.79. The van der Waals surface area contributed by atoms with Crippen molar-refractivity contribution in [3.05, 3.63) is 85.3 Å². The van der Waals surface area contributed by atoms with Crippen LogP contribution in [0.5, 0.6) is 0 Å². The van der Waals surface area contributed by atoms with Gasteiger partial charge in [-0.2, -0.15) is 0 Å². The molecule has 0 amide bonds. The molecule has 10 heteroatoms. The maximum atomic E-state index is 12.5. The average Bonchev–Trinajstić information content (AvgIpc) is 3.15. The number of rotatable bonds is 37. The third-order valence-corrected chi connectivity index (χ3v) is 9.00. The maximum Gasteiger partial charge on any atom is 0.472 e. The number of nitrogens with two attached hydrogens (primary N) is 1. The fourth-order valence-electron chi connectivity index (χ4n) is 4.88. The molecule has 0 aromatic carbocycles. The van der Waals surface area contributed by atoms with E-state index in [0.29, 0.717) is 6.42 Å². The highest BCUT2D eigenvalue weighted by Gasteiger charge is 2.25. The molecule has 0 saturated heterocycles. The Labute approximate surface area is 322 Å². The van der Waals surface area contributed by atoms with Gasteiger partial charge in [-0.15, -0.1) is 0 Å². The van der Waals surface area contributed by atoms with Gasteiger partial charge < -0.3 is 25.2 Å². The minimum atomic E-state index is -4.32. The fourth-order valence-corrected chi connectivity index (χ4v) is 5.65. The lowest BCUT2D eigenvalue weighted by atomic mass is 10.1. The summed E-state index contributed by atoms with van der Waals surface area (Å²) < 4.78 is 33.0. The first-order valence-electron chi connectivity index (χ1n) is 20.2. The number of hydrogen-bond acceptors (Lipinski definition) is 8. The summed E-state index contributed by atoms with van der Waals surface area (Å²) in [5.74, 6) is -0.426. The molecule has 53 heavy (non-hydrogen) atoms. The number of ether oxygens (including phenoxy) is 2. The molecular formula is C43H74NO8P. The van der Waals surface area contributed by atoms with E-state index in [1.807, 2.05) is 37.3 Å². The molecular weight excluding hydrogens is 689 g/mol. The van der Waals surface area contributed by atoms with Gasteiger partial charge in [0.15, 0.2) is 6.10 Å². The van der Waals surface area contributed by atoms with Gasteiger partial charge in [-0.25, -0.2) is 4.57 Å². The molecule has 0 bridgehead atoms. The minimum absolute atomic E-state index is 0.00809. The van der Waals surface area contributed by atoms with Crippen molar-refractivity contribution in [2.75, 3.05) is 26.4 Å². The summed E-state index contributed by atoms with van der Waals surface area (Å²) in [4.78, 5) is 22.4. The fraction of sp³-hybridized carbons (Fsp3) is 0.651. The van der Waals surface area contributed by atoms with E-state index < -0.39 is 19.9 Å². The van der Waals surface area contributed by atoms with Crippen LogP contribution in [0.2, 0.25) is 0 Å². The Hall–Kier alpha value is -2.52. The Morgan fingerprint density at radius 2 is 1.23 bits per heavy atom. The second-order valence-corrected chi connectivity index (χ2v) is 14.5. The summed E-state index contributed by atoms with van der Waals surface area (Å²) in [6.07, 6.45) is 47.9. The van der Waals surface area contributed by atoms with Gasteiger partial charge in [0.1, 0.15) is 6.61 Å². The van der Waals surface area contributed by atoms with E-state index in [0.717, 1.165) is 44.9 Å². The zero-order chi connectivity index (χ0) is 38.9. The number of hydrogen-bond donors (Lipinski definition) is 3. The molecule has 0 aliphatic rings. The van der Waals surface area contributed by atoms with E-state index in [1.165, 1.54) is 70.6 Å². The first-order valence-corrected chi connectivity index (χ1v) is 21.7. The van der Waals surface area contributed by atoms with Crippen LogP contribution in [-0.2, 0) is 27.9 Å². The Kier molecular flexibility index (Phi) is 37.3. The standard InChI is InChI=1S/C43H74NO8P/c1-3-5-6-7-8-9-10-11-12-15-18-21-24-27-30-33-37-49-39-42(40-51-53(47,48)50-38-36-44)52-43(46)35-32-29-26-23-20-17-14-13-16-19-22-25-28-31-34-41(45)4-2/h9-10,14,16-17,19,23,25-26,28,31,33-34,37,41-42,45H,3-8,11-13,15,18,20-22,24,27,29-30,32,35-36,38-40,44H2,1-2H3,(H,47,48)/b10-9-,17-14-,19-16-,26-23-,28-25-,34-31+,37-33+/t41-,42-/m1/s1. The van der Waals surface area contributed by atoms with Crippen LogP contribution in [0.25, 0.3) is 0 Å². The topological polar surface area (TPSA) is 138 Å². The molecule has 0 aliphatic heterocycles. The predicted molar refractivity (Wildman–Crippen MR) is 220 cm³/mol. The number of aliphatic hydroxyl groups excluding tert-OH is 1. The van der Waals surface area contributed by atoms with Crippen LogP contribution in [0.15, 0.2) is 85.3 Å². The number of carbonyl (C=O) groups excluding carboxylic acids is 1. The number of phosphoric acid groups is 1. The molecule has 0 radical (unpaired) electrons. The Balaban J connectivity index is 4.28. The summed E-state index contributed by atoms with van der Waals surface area (Å²) in [5.41, 5.74) is 5.35. The van der Waals surface area contributed by atoms with Gasteiger partial charge in [-0.1, -0.05) is 132 Å². The average molecular weight is 764 g/mol. The Morgan fingerprint density at radius 3 is 1.85 bits per heavy atom. The molecule has 0 fully saturated rings. The zero-order valence-corrected chi connectivity index (χ0v) is 34.0. The van der Waals surface area contributed by atoms with Gasteiger partial charge in [0.2, 0.25) is 0 Å². The highest BCUT2D eigenvalue weighted by molar-refractivity contribution is 7.47. The highest BCUT2D eigenvalue weighted by atomic mass is 31.2. The summed E-state index contributed by atoms with van der Waals surface area (Å²) >= 11 is 0. The van der Waals surface area contributed by atoms with E-state index in [2.05, 4.69) is 49.5 Å². The molecule has 0 saturated carbocycles. The molecule has 0 rings (SSSR count). The zero-order valence-electron chi connectivity index (χ0n) is 33.1. The van der Waals surface area contributed by atoms with Crippen molar-refractivity contribution >= 4 is 13.8 Å². The van der Waals surface area contributed by atoms with Gasteiger partial charge in [0.25, 0.3) is 0 Å². The van der Waals surface area contributed by atoms with Crippen molar-refractivity contribution < 1.29 is 37.9 Å². The molecule has 4 N–H and O–H groups in total. The highest BCUT2D eigenvalue weighted by Crippen LogP contribution is 2.43. The van der Waals surface area contributed by atoms with Crippen LogP contribution in [-0.4, -0.2) is 54.5 Å².